The molecule has 0 radical (unpaired) electrons. The molecule has 36 heavy (non-hydrogen) atoms. The second-order valence-electron chi connectivity index (χ2n) is 9.43. The van der Waals surface area contributed by atoms with Crippen molar-refractivity contribution in [3.05, 3.63) is 59.8 Å². The van der Waals surface area contributed by atoms with Crippen LogP contribution in [-0.2, 0) is 11.0 Å². The minimum atomic E-state index is -4.36. The molecular formula is C25H23F6N3O2. The van der Waals surface area contributed by atoms with Crippen LogP contribution in [0.1, 0.15) is 29.9 Å². The number of likely N-dealkylation sites (tertiary alicyclic amines) is 1. The number of hydrogen-bond donors (Lipinski definition) is 2. The first-order valence-corrected chi connectivity index (χ1v) is 11.5. The van der Waals surface area contributed by atoms with Crippen molar-refractivity contribution in [2.75, 3.05) is 25.0 Å². The van der Waals surface area contributed by atoms with E-state index < -0.39 is 30.4 Å². The number of H-pyrrole nitrogens is 1. The Bertz CT molecular complexity index is 1240. The molecule has 2 aliphatic rings. The summed E-state index contributed by atoms with van der Waals surface area (Å²) in [5, 5.41) is 3.50. The third-order valence-electron chi connectivity index (χ3n) is 6.75. The number of carbonyl (C=O) groups is 1. The number of alkyl halides is 6. The van der Waals surface area contributed by atoms with Gasteiger partial charge in [-0.25, -0.2) is 0 Å². The summed E-state index contributed by atoms with van der Waals surface area (Å²) in [6.45, 7) is -0.904. The molecule has 2 aromatic carbocycles. The number of amides is 1. The molecular weight excluding hydrogens is 488 g/mol. The Morgan fingerprint density at radius 2 is 1.72 bits per heavy atom. The van der Waals surface area contributed by atoms with Crippen molar-refractivity contribution < 1.29 is 35.9 Å². The van der Waals surface area contributed by atoms with Crippen LogP contribution in [0, 0.1) is 5.92 Å². The Balaban J connectivity index is 1.16. The van der Waals surface area contributed by atoms with Crippen LogP contribution >= 0.6 is 0 Å². The fourth-order valence-electron chi connectivity index (χ4n) is 4.70. The number of nitrogens with one attached hydrogen (secondary N) is 2. The van der Waals surface area contributed by atoms with Gasteiger partial charge in [0.05, 0.1) is 29.8 Å². The first kappa shape index (κ1) is 24.5. The number of fused-ring (bicyclic) bond motifs is 1. The molecule has 0 atom stereocenters. The summed E-state index contributed by atoms with van der Waals surface area (Å²) in [7, 11) is 0. The predicted octanol–water partition coefficient (Wildman–Crippen LogP) is 5.94. The second kappa shape index (κ2) is 9.02. The number of anilines is 1. The Hall–Kier alpha value is -3.21. The standard InChI is InChI=1S/C25H23F6N3O2/c26-24(27,28)13-34-11-16(12-34)23(35)33-22-10-32-21-6-5-18(9-20(21)22)36-19-7-15(8-19)14-1-3-17(4-2-14)25(29,30)31/h1-6,9-10,15-16,19,32H,7-8,11-13H2,(H,33,35)/t15-,19-. The highest BCUT2D eigenvalue weighted by Crippen LogP contribution is 2.41. The zero-order chi connectivity index (χ0) is 25.7. The minimum absolute atomic E-state index is 0.0594. The van der Waals surface area contributed by atoms with Crippen LogP contribution in [0.4, 0.5) is 32.0 Å². The van der Waals surface area contributed by atoms with Crippen LogP contribution in [0.5, 0.6) is 5.75 Å². The molecule has 3 aromatic rings. The van der Waals surface area contributed by atoms with Crippen molar-refractivity contribution >= 4 is 22.5 Å². The van der Waals surface area contributed by atoms with Crippen molar-refractivity contribution in [3.63, 3.8) is 0 Å². The number of halogens is 6. The van der Waals surface area contributed by atoms with E-state index in [1.807, 2.05) is 0 Å². The molecule has 1 amide bonds. The van der Waals surface area contributed by atoms with Gasteiger partial charge in [0.1, 0.15) is 5.75 Å². The molecule has 1 aromatic heterocycles. The van der Waals surface area contributed by atoms with Gasteiger partial charge in [0.25, 0.3) is 0 Å². The lowest BCUT2D eigenvalue weighted by Crippen LogP contribution is -2.54. The van der Waals surface area contributed by atoms with Gasteiger partial charge >= 0.3 is 12.4 Å². The number of ether oxygens (including phenoxy) is 1. The molecule has 1 aliphatic heterocycles. The topological polar surface area (TPSA) is 57.4 Å². The molecule has 0 spiro atoms. The number of carbonyl (C=O) groups excluding carboxylic acids is 1. The van der Waals surface area contributed by atoms with Gasteiger partial charge in [0.2, 0.25) is 5.91 Å². The number of benzene rings is 2. The summed E-state index contributed by atoms with van der Waals surface area (Å²) < 4.78 is 81.7. The van der Waals surface area contributed by atoms with Crippen LogP contribution in [0.3, 0.4) is 0 Å². The van der Waals surface area contributed by atoms with Gasteiger partial charge in [-0.05, 0) is 54.7 Å². The maximum Gasteiger partial charge on any atom is 0.416 e. The number of hydrogen-bond acceptors (Lipinski definition) is 3. The zero-order valence-corrected chi connectivity index (χ0v) is 18.9. The van der Waals surface area contributed by atoms with Crippen LogP contribution in [0.25, 0.3) is 10.9 Å². The molecule has 11 heteroatoms. The van der Waals surface area contributed by atoms with Crippen molar-refractivity contribution in [3.8, 4) is 5.75 Å². The molecule has 1 saturated heterocycles. The van der Waals surface area contributed by atoms with Crippen LogP contribution in [0.15, 0.2) is 48.7 Å². The van der Waals surface area contributed by atoms with Crippen molar-refractivity contribution in [1.82, 2.24) is 9.88 Å². The summed E-state index contributed by atoms with van der Waals surface area (Å²) in [6.07, 6.45) is -5.74. The Morgan fingerprint density at radius 3 is 2.36 bits per heavy atom. The average molecular weight is 511 g/mol. The molecule has 0 unspecified atom stereocenters. The highest BCUT2D eigenvalue weighted by atomic mass is 19.4. The van der Waals surface area contributed by atoms with Crippen molar-refractivity contribution in [2.45, 2.75) is 37.2 Å². The first-order chi connectivity index (χ1) is 16.9. The lowest BCUT2D eigenvalue weighted by molar-refractivity contribution is -0.162. The average Bonchev–Trinajstić information content (AvgIpc) is 3.13. The van der Waals surface area contributed by atoms with E-state index in [9.17, 15) is 31.1 Å². The monoisotopic (exact) mass is 511 g/mol. The SMILES string of the molecule is O=C(Nc1c[nH]c2ccc(O[C@H]3C[C@H](c4ccc(C(F)(F)F)cc4)C3)cc12)C1CN(CC(F)(F)F)C1. The summed E-state index contributed by atoms with van der Waals surface area (Å²) in [5.41, 5.74) is 1.46. The predicted molar refractivity (Wildman–Crippen MR) is 121 cm³/mol. The fraction of sp³-hybridized carbons (Fsp3) is 0.400. The van der Waals surface area contributed by atoms with E-state index in [4.69, 9.17) is 4.74 Å². The fourth-order valence-corrected chi connectivity index (χ4v) is 4.70. The number of aromatic nitrogens is 1. The lowest BCUT2D eigenvalue weighted by Gasteiger charge is -2.38. The molecule has 5 nitrogen and oxygen atoms in total. The van der Waals surface area contributed by atoms with Gasteiger partial charge in [0, 0.05) is 30.2 Å². The molecule has 2 N–H and O–H groups in total. The van der Waals surface area contributed by atoms with Crippen LogP contribution in [-0.4, -0.2) is 47.7 Å². The summed E-state index contributed by atoms with van der Waals surface area (Å²) in [5.74, 6) is -0.121. The third-order valence-corrected chi connectivity index (χ3v) is 6.75. The molecule has 1 aliphatic carbocycles. The van der Waals surface area contributed by atoms with Gasteiger partial charge in [0.15, 0.2) is 0 Å². The second-order valence-corrected chi connectivity index (χ2v) is 9.43. The van der Waals surface area contributed by atoms with E-state index in [2.05, 4.69) is 10.3 Å². The van der Waals surface area contributed by atoms with Gasteiger partial charge in [-0.2, -0.15) is 26.3 Å². The van der Waals surface area contributed by atoms with E-state index in [1.54, 1.807) is 24.4 Å². The van der Waals surface area contributed by atoms with Gasteiger partial charge in [-0.1, -0.05) is 12.1 Å². The Kier molecular flexibility index (Phi) is 6.14. The zero-order valence-electron chi connectivity index (χ0n) is 18.9. The first-order valence-electron chi connectivity index (χ1n) is 11.5. The van der Waals surface area contributed by atoms with Crippen LogP contribution < -0.4 is 10.1 Å². The molecule has 5 rings (SSSR count). The maximum absolute atomic E-state index is 12.8. The van der Waals surface area contributed by atoms with E-state index in [0.29, 0.717) is 29.7 Å². The highest BCUT2D eigenvalue weighted by Gasteiger charge is 2.40. The van der Waals surface area contributed by atoms with E-state index >= 15 is 0 Å². The summed E-state index contributed by atoms with van der Waals surface area (Å²) >= 11 is 0. The number of rotatable bonds is 6. The number of nitrogens with zero attached hydrogens (tertiary/aromatic N) is 1. The Morgan fingerprint density at radius 1 is 1.03 bits per heavy atom. The molecule has 1 saturated carbocycles. The quantitative estimate of drug-likeness (QED) is 0.403. The van der Waals surface area contributed by atoms with Gasteiger partial charge in [-0.3, -0.25) is 9.69 Å². The normalized spacial score (nSPS) is 21.2. The molecule has 2 fully saturated rings. The van der Waals surface area contributed by atoms with Crippen molar-refractivity contribution in [2.24, 2.45) is 5.92 Å². The van der Waals surface area contributed by atoms with E-state index in [-0.39, 0.29) is 31.0 Å². The largest absolute Gasteiger partial charge is 0.490 e. The highest BCUT2D eigenvalue weighted by molar-refractivity contribution is 6.03. The summed E-state index contributed by atoms with van der Waals surface area (Å²) in [6, 6.07) is 10.6. The van der Waals surface area contributed by atoms with E-state index in [1.165, 1.54) is 17.0 Å². The minimum Gasteiger partial charge on any atom is -0.490 e. The number of aromatic amines is 1. The third kappa shape index (κ3) is 5.30. The van der Waals surface area contributed by atoms with Gasteiger partial charge in [-0.15, -0.1) is 0 Å². The molecule has 192 valence electrons. The van der Waals surface area contributed by atoms with Crippen LogP contribution in [0.2, 0.25) is 0 Å². The van der Waals surface area contributed by atoms with Gasteiger partial charge < -0.3 is 15.0 Å². The summed E-state index contributed by atoms with van der Waals surface area (Å²) in [4.78, 5) is 16.7. The van der Waals surface area contributed by atoms with Crippen molar-refractivity contribution in [1.29, 1.82) is 0 Å². The maximum atomic E-state index is 12.8. The molecule has 2 heterocycles. The smallest absolute Gasteiger partial charge is 0.416 e. The van der Waals surface area contributed by atoms with E-state index in [0.717, 1.165) is 23.2 Å². The molecule has 0 bridgehead atoms. The Labute approximate surface area is 202 Å². The lowest BCUT2D eigenvalue weighted by atomic mass is 9.77.